The molecule has 1 saturated carbocycles. The molecule has 2 fully saturated rings. The predicted octanol–water partition coefficient (Wildman–Crippen LogP) is 3.20. The number of likely N-dealkylation sites (tertiary alicyclic amines) is 1. The van der Waals surface area contributed by atoms with E-state index < -0.39 is 0 Å². The number of carbonyl (C=O) groups excluding carboxylic acids is 1. The van der Waals surface area contributed by atoms with Crippen LogP contribution in [-0.4, -0.2) is 60.0 Å². The number of aromatic amines is 1. The number of imidazole rings is 1. The topological polar surface area (TPSA) is 114 Å². The van der Waals surface area contributed by atoms with E-state index in [2.05, 4.69) is 42.2 Å². The maximum Gasteiger partial charge on any atom is 0.329 e. The van der Waals surface area contributed by atoms with Gasteiger partial charge >= 0.3 is 12.0 Å². The van der Waals surface area contributed by atoms with Gasteiger partial charge in [-0.25, -0.2) is 14.8 Å². The fourth-order valence-corrected chi connectivity index (χ4v) is 5.85. The highest BCUT2D eigenvalue weighted by molar-refractivity contribution is 7.10. The van der Waals surface area contributed by atoms with Crippen LogP contribution in [0, 0.1) is 18.8 Å². The van der Waals surface area contributed by atoms with Crippen molar-refractivity contribution in [2.75, 3.05) is 25.5 Å². The third-order valence-electron chi connectivity index (χ3n) is 6.59. The Balaban J connectivity index is 1.20. The first-order valence-electron chi connectivity index (χ1n) is 10.3. The molecule has 1 saturated heterocycles. The van der Waals surface area contributed by atoms with Crippen LogP contribution >= 0.6 is 11.5 Å². The summed E-state index contributed by atoms with van der Waals surface area (Å²) in [5.74, 6) is 2.00. The number of pyridine rings is 1. The third kappa shape index (κ3) is 2.94. The number of nitrogens with one attached hydrogen (secondary N) is 2. The number of fused-ring (bicyclic) bond motifs is 4. The first-order valence-corrected chi connectivity index (χ1v) is 11.1. The Labute approximate surface area is 181 Å². The van der Waals surface area contributed by atoms with Crippen molar-refractivity contribution in [3.8, 4) is 6.01 Å². The maximum atomic E-state index is 12.7. The number of amides is 2. The van der Waals surface area contributed by atoms with Crippen molar-refractivity contribution in [1.82, 2.24) is 33.8 Å². The van der Waals surface area contributed by atoms with E-state index in [-0.39, 0.29) is 12.0 Å². The summed E-state index contributed by atoms with van der Waals surface area (Å²) in [6.45, 7) is 3.59. The molecule has 2 amide bonds. The second kappa shape index (κ2) is 6.91. The molecule has 0 aromatic carbocycles. The Kier molecular flexibility index (Phi) is 4.13. The number of urea groups is 1. The molecule has 6 rings (SSSR count). The van der Waals surface area contributed by atoms with Crippen molar-refractivity contribution in [3.05, 3.63) is 24.3 Å². The number of methoxy groups -OCH3 is 1. The Morgan fingerprint density at radius 1 is 1.29 bits per heavy atom. The molecule has 1 aliphatic heterocycles. The van der Waals surface area contributed by atoms with E-state index >= 15 is 0 Å². The minimum absolute atomic E-state index is 0.117. The molecule has 11 heteroatoms. The monoisotopic (exact) mass is 438 g/mol. The van der Waals surface area contributed by atoms with Crippen LogP contribution in [0.4, 0.5) is 9.93 Å². The lowest BCUT2D eigenvalue weighted by atomic mass is 10.0. The molecule has 0 spiro atoms. The summed E-state index contributed by atoms with van der Waals surface area (Å²) in [4.78, 5) is 31.2. The van der Waals surface area contributed by atoms with Crippen molar-refractivity contribution in [2.45, 2.75) is 25.8 Å². The zero-order valence-electron chi connectivity index (χ0n) is 17.2. The molecule has 2 N–H and O–H groups in total. The molecule has 2 aliphatic rings. The molecule has 31 heavy (non-hydrogen) atoms. The van der Waals surface area contributed by atoms with Crippen LogP contribution in [0.1, 0.15) is 24.7 Å². The number of aromatic nitrogens is 6. The second-order valence-corrected chi connectivity index (χ2v) is 9.08. The van der Waals surface area contributed by atoms with E-state index in [1.54, 1.807) is 0 Å². The van der Waals surface area contributed by atoms with Gasteiger partial charge in [0.25, 0.3) is 0 Å². The smallest absolute Gasteiger partial charge is 0.329 e. The number of carbonyl (C=O) groups is 1. The Morgan fingerprint density at radius 3 is 2.84 bits per heavy atom. The van der Waals surface area contributed by atoms with Crippen LogP contribution in [0.25, 0.3) is 22.1 Å². The van der Waals surface area contributed by atoms with E-state index in [1.807, 2.05) is 17.3 Å². The summed E-state index contributed by atoms with van der Waals surface area (Å²) < 4.78 is 11.4. The number of ether oxygens (including phenoxy) is 1. The number of hydrogen-bond acceptors (Lipinski definition) is 7. The minimum Gasteiger partial charge on any atom is -0.466 e. The summed E-state index contributed by atoms with van der Waals surface area (Å²) in [5.41, 5.74) is 2.99. The lowest BCUT2D eigenvalue weighted by Gasteiger charge is -2.21. The molecule has 5 heterocycles. The van der Waals surface area contributed by atoms with E-state index in [4.69, 9.17) is 9.72 Å². The summed E-state index contributed by atoms with van der Waals surface area (Å²) in [6, 6.07) is 2.62. The summed E-state index contributed by atoms with van der Waals surface area (Å²) in [5, 5.41) is 4.42. The van der Waals surface area contributed by atoms with Gasteiger partial charge in [-0.2, -0.15) is 4.98 Å². The molecule has 1 unspecified atom stereocenters. The summed E-state index contributed by atoms with van der Waals surface area (Å²) in [7, 11) is 1.51. The van der Waals surface area contributed by atoms with Crippen LogP contribution in [0.5, 0.6) is 6.01 Å². The Morgan fingerprint density at radius 2 is 2.10 bits per heavy atom. The van der Waals surface area contributed by atoms with Crippen molar-refractivity contribution >= 4 is 44.8 Å². The zero-order valence-corrected chi connectivity index (χ0v) is 18.0. The van der Waals surface area contributed by atoms with E-state index in [1.165, 1.54) is 7.11 Å². The van der Waals surface area contributed by atoms with Crippen molar-refractivity contribution in [2.24, 2.45) is 11.8 Å². The molecule has 4 aromatic rings. The highest BCUT2D eigenvalue weighted by Gasteiger charge is 2.43. The quantitative estimate of drug-likeness (QED) is 0.508. The lowest BCUT2D eigenvalue weighted by Crippen LogP contribution is -2.34. The Hall–Kier alpha value is -3.21. The van der Waals surface area contributed by atoms with Gasteiger partial charge in [0.05, 0.1) is 18.8 Å². The standard InChI is InChI=1S/C20H22N8O2S/c1-10-23-15-7-22-17-14(3-4-21-17)16(15)28(10)13-5-11-8-27(9-12(11)6-13)20(29)25-19-24-18(30-2)26-31-19/h3-4,7,11-13H,5-6,8-9H2,1-2H3,(H,21,22)(H,24,25,26,29)/t11-,12?,13+/m0/s1. The van der Waals surface area contributed by atoms with Crippen LogP contribution in [-0.2, 0) is 0 Å². The largest absolute Gasteiger partial charge is 0.466 e. The molecule has 160 valence electrons. The first-order chi connectivity index (χ1) is 15.1. The molecule has 0 bridgehead atoms. The molecule has 10 nitrogen and oxygen atoms in total. The van der Waals surface area contributed by atoms with Gasteiger partial charge in [0.15, 0.2) is 0 Å². The van der Waals surface area contributed by atoms with Gasteiger partial charge < -0.3 is 19.2 Å². The van der Waals surface area contributed by atoms with Crippen LogP contribution in [0.2, 0.25) is 0 Å². The van der Waals surface area contributed by atoms with Gasteiger partial charge in [-0.1, -0.05) is 0 Å². The minimum atomic E-state index is -0.117. The van der Waals surface area contributed by atoms with Gasteiger partial charge in [-0.3, -0.25) is 5.32 Å². The van der Waals surface area contributed by atoms with Crippen molar-refractivity contribution in [3.63, 3.8) is 0 Å². The molecule has 4 aromatic heterocycles. The highest BCUT2D eigenvalue weighted by Crippen LogP contribution is 2.46. The number of H-pyrrole nitrogens is 1. The molecule has 0 radical (unpaired) electrons. The maximum absolute atomic E-state index is 12.7. The number of aryl methyl sites for hydroxylation is 1. The lowest BCUT2D eigenvalue weighted by molar-refractivity contribution is 0.217. The van der Waals surface area contributed by atoms with E-state index in [0.717, 1.165) is 65.4 Å². The molecule has 1 aliphatic carbocycles. The van der Waals surface area contributed by atoms with Crippen LogP contribution in [0.3, 0.4) is 0 Å². The van der Waals surface area contributed by atoms with Crippen molar-refractivity contribution < 1.29 is 9.53 Å². The number of nitrogens with zero attached hydrogens (tertiary/aromatic N) is 6. The first kappa shape index (κ1) is 18.6. The molecular weight excluding hydrogens is 416 g/mol. The summed E-state index contributed by atoms with van der Waals surface area (Å²) in [6.07, 6.45) is 5.86. The van der Waals surface area contributed by atoms with E-state index in [0.29, 0.717) is 23.0 Å². The Bertz CT molecular complexity index is 1280. The van der Waals surface area contributed by atoms with Crippen molar-refractivity contribution in [1.29, 1.82) is 0 Å². The fraction of sp³-hybridized carbons (Fsp3) is 0.450. The zero-order chi connectivity index (χ0) is 21.1. The highest BCUT2D eigenvalue weighted by atomic mass is 32.1. The SMILES string of the molecule is COc1nsc(NC(=O)N2CC3C[C@H](n4c(C)nc5cnc6[nH]ccc6c54)C[C@H]3C2)n1. The second-order valence-electron chi connectivity index (χ2n) is 8.33. The summed E-state index contributed by atoms with van der Waals surface area (Å²) >= 11 is 1.12. The molecular formula is C20H22N8O2S. The number of anilines is 1. The predicted molar refractivity (Wildman–Crippen MR) is 116 cm³/mol. The van der Waals surface area contributed by atoms with Gasteiger partial charge in [0.2, 0.25) is 5.13 Å². The van der Waals surface area contributed by atoms with Gasteiger partial charge in [0, 0.05) is 42.2 Å². The number of rotatable bonds is 3. The number of hydrogen-bond donors (Lipinski definition) is 2. The van der Waals surface area contributed by atoms with Gasteiger partial charge in [-0.15, -0.1) is 4.37 Å². The normalized spacial score (nSPS) is 23.0. The average Bonchev–Trinajstić information content (AvgIpc) is 3.53. The van der Waals surface area contributed by atoms with Crippen LogP contribution in [0.15, 0.2) is 18.5 Å². The fourth-order valence-electron chi connectivity index (χ4n) is 5.31. The third-order valence-corrected chi connectivity index (χ3v) is 7.21. The molecule has 3 atom stereocenters. The van der Waals surface area contributed by atoms with Crippen LogP contribution < -0.4 is 10.1 Å². The van der Waals surface area contributed by atoms with Gasteiger partial charge in [-0.05, 0) is 37.7 Å². The van der Waals surface area contributed by atoms with E-state index in [9.17, 15) is 4.79 Å². The average molecular weight is 439 g/mol. The van der Waals surface area contributed by atoms with Gasteiger partial charge in [0.1, 0.15) is 17.0 Å².